The van der Waals surface area contributed by atoms with Gasteiger partial charge in [-0.05, 0) is 19.9 Å². The molecule has 11 nitrogen and oxygen atoms in total. The molecular formula is C21H33N9O2. The molecule has 0 bridgehead atoms. The first-order valence-electron chi connectivity index (χ1n) is 10.9. The van der Waals surface area contributed by atoms with Gasteiger partial charge in [-0.2, -0.15) is 5.10 Å². The Balaban J connectivity index is 1.45. The highest BCUT2D eigenvalue weighted by Gasteiger charge is 2.25. The van der Waals surface area contributed by atoms with Crippen molar-refractivity contribution in [2.75, 3.05) is 50.7 Å². The van der Waals surface area contributed by atoms with Gasteiger partial charge < -0.3 is 25.5 Å². The largest absolute Gasteiger partial charge is 0.383 e. The van der Waals surface area contributed by atoms with E-state index >= 15 is 0 Å². The first-order valence-corrected chi connectivity index (χ1v) is 10.9. The molecule has 3 rings (SSSR count). The van der Waals surface area contributed by atoms with Gasteiger partial charge in [-0.3, -0.25) is 9.48 Å². The number of nitrogens with zero attached hydrogens (tertiary/aromatic N) is 7. The number of aliphatic hydroxyl groups is 1. The average molecular weight is 444 g/mol. The minimum Gasteiger partial charge on any atom is -0.383 e. The van der Waals surface area contributed by atoms with Crippen molar-refractivity contribution >= 4 is 17.8 Å². The molecule has 1 amide bonds. The summed E-state index contributed by atoms with van der Waals surface area (Å²) in [6.45, 7) is 7.73. The zero-order chi connectivity index (χ0) is 23.0. The molecule has 1 saturated heterocycles. The second-order valence-electron chi connectivity index (χ2n) is 7.97. The van der Waals surface area contributed by atoms with E-state index in [2.05, 4.69) is 35.6 Å². The van der Waals surface area contributed by atoms with Gasteiger partial charge >= 0.3 is 0 Å². The van der Waals surface area contributed by atoms with Crippen LogP contribution < -0.4 is 15.5 Å². The smallest absolute Gasteiger partial charge is 0.225 e. The number of piperazine rings is 1. The van der Waals surface area contributed by atoms with E-state index in [0.29, 0.717) is 50.1 Å². The van der Waals surface area contributed by atoms with E-state index in [1.54, 1.807) is 49.5 Å². The Morgan fingerprint density at radius 1 is 1.22 bits per heavy atom. The fourth-order valence-corrected chi connectivity index (χ4v) is 3.42. The highest BCUT2D eigenvalue weighted by atomic mass is 16.3. The fourth-order valence-electron chi connectivity index (χ4n) is 3.42. The SMILES string of the molecule is CCNC(=NCC(C)(O)c1cnn(C)c1)NCCC(=O)N1CCN(c2ncccn2)CC1. The molecule has 1 fully saturated rings. The zero-order valence-corrected chi connectivity index (χ0v) is 19.0. The molecule has 1 aliphatic rings. The first-order chi connectivity index (χ1) is 15.4. The number of aliphatic imine (C=N–C) groups is 1. The summed E-state index contributed by atoms with van der Waals surface area (Å²) in [5.74, 6) is 1.37. The van der Waals surface area contributed by atoms with E-state index < -0.39 is 5.60 Å². The lowest BCUT2D eigenvalue weighted by Crippen LogP contribution is -2.50. The van der Waals surface area contributed by atoms with Crippen molar-refractivity contribution in [1.82, 2.24) is 35.3 Å². The summed E-state index contributed by atoms with van der Waals surface area (Å²) in [5.41, 5.74) is -0.427. The van der Waals surface area contributed by atoms with Crippen molar-refractivity contribution in [3.05, 3.63) is 36.4 Å². The summed E-state index contributed by atoms with van der Waals surface area (Å²) in [7, 11) is 1.81. The van der Waals surface area contributed by atoms with E-state index in [1.165, 1.54) is 0 Å². The maximum Gasteiger partial charge on any atom is 0.225 e. The van der Waals surface area contributed by atoms with Crippen molar-refractivity contribution in [3.63, 3.8) is 0 Å². The van der Waals surface area contributed by atoms with Crippen LogP contribution >= 0.6 is 0 Å². The second kappa shape index (κ2) is 10.9. The third kappa shape index (κ3) is 6.39. The number of amides is 1. The summed E-state index contributed by atoms with van der Waals surface area (Å²) in [5, 5.41) is 21.2. The predicted molar refractivity (Wildman–Crippen MR) is 122 cm³/mol. The molecule has 3 heterocycles. The first kappa shape index (κ1) is 23.5. The third-order valence-corrected chi connectivity index (χ3v) is 5.31. The van der Waals surface area contributed by atoms with E-state index in [9.17, 15) is 9.90 Å². The van der Waals surface area contributed by atoms with Gasteiger partial charge in [0.1, 0.15) is 5.60 Å². The van der Waals surface area contributed by atoms with Crippen LogP contribution in [0.4, 0.5) is 5.95 Å². The van der Waals surface area contributed by atoms with Gasteiger partial charge in [-0.1, -0.05) is 0 Å². The van der Waals surface area contributed by atoms with Crippen LogP contribution in [-0.4, -0.2) is 87.4 Å². The van der Waals surface area contributed by atoms with Crippen LogP contribution in [0.2, 0.25) is 0 Å². The molecule has 32 heavy (non-hydrogen) atoms. The Kier molecular flexibility index (Phi) is 7.98. The molecule has 0 aliphatic carbocycles. The van der Waals surface area contributed by atoms with E-state index in [0.717, 1.165) is 13.1 Å². The van der Waals surface area contributed by atoms with Crippen LogP contribution in [0.15, 0.2) is 35.8 Å². The van der Waals surface area contributed by atoms with E-state index in [4.69, 9.17) is 0 Å². The molecule has 174 valence electrons. The molecule has 0 spiro atoms. The van der Waals surface area contributed by atoms with Crippen molar-refractivity contribution < 1.29 is 9.90 Å². The quantitative estimate of drug-likeness (QED) is 0.376. The van der Waals surface area contributed by atoms with Gasteiger partial charge in [0.15, 0.2) is 5.96 Å². The van der Waals surface area contributed by atoms with Crippen LogP contribution in [0.3, 0.4) is 0 Å². The predicted octanol–water partition coefficient (Wildman–Crippen LogP) is -0.288. The second-order valence-corrected chi connectivity index (χ2v) is 7.97. The van der Waals surface area contributed by atoms with E-state index in [-0.39, 0.29) is 12.5 Å². The summed E-state index contributed by atoms with van der Waals surface area (Å²) in [4.78, 5) is 29.6. The fraction of sp³-hybridized carbons (Fsp3) is 0.571. The van der Waals surface area contributed by atoms with Gasteiger partial charge in [0, 0.05) is 76.9 Å². The Hall–Kier alpha value is -3.21. The normalized spacial score (nSPS) is 16.6. The maximum atomic E-state index is 12.6. The third-order valence-electron chi connectivity index (χ3n) is 5.31. The summed E-state index contributed by atoms with van der Waals surface area (Å²) in [6, 6.07) is 1.79. The van der Waals surface area contributed by atoms with Crippen molar-refractivity contribution in [2.45, 2.75) is 25.9 Å². The Bertz CT molecular complexity index is 890. The molecule has 1 aliphatic heterocycles. The monoisotopic (exact) mass is 443 g/mol. The molecule has 0 aromatic carbocycles. The van der Waals surface area contributed by atoms with Gasteiger partial charge in [0.25, 0.3) is 0 Å². The maximum absolute atomic E-state index is 12.6. The topological polar surface area (TPSA) is 124 Å². The lowest BCUT2D eigenvalue weighted by atomic mass is 10.0. The number of guanidine groups is 1. The van der Waals surface area contributed by atoms with Gasteiger partial charge in [-0.15, -0.1) is 0 Å². The number of rotatable bonds is 8. The Morgan fingerprint density at radius 3 is 2.56 bits per heavy atom. The zero-order valence-electron chi connectivity index (χ0n) is 19.0. The van der Waals surface area contributed by atoms with Crippen LogP contribution in [0.5, 0.6) is 0 Å². The standard InChI is InChI=1S/C21H33N9O2/c1-4-22-19(26-16-21(2,32)17-14-27-28(3)15-17)23-9-6-18(31)29-10-12-30(13-11-29)20-24-7-5-8-25-20/h5,7-8,14-15,32H,4,6,9-13,16H2,1-3H3,(H2,22,23,26). The minimum absolute atomic E-state index is 0.101. The highest BCUT2D eigenvalue weighted by molar-refractivity contribution is 5.81. The molecule has 11 heteroatoms. The van der Waals surface area contributed by atoms with Crippen molar-refractivity contribution in [2.24, 2.45) is 12.0 Å². The number of carbonyl (C=O) groups excluding carboxylic acids is 1. The molecule has 0 radical (unpaired) electrons. The van der Waals surface area contributed by atoms with Gasteiger partial charge in [0.05, 0.1) is 12.7 Å². The number of aryl methyl sites for hydroxylation is 1. The molecule has 1 unspecified atom stereocenters. The summed E-state index contributed by atoms with van der Waals surface area (Å²) in [6.07, 6.45) is 7.23. The number of aromatic nitrogens is 4. The number of nitrogens with one attached hydrogen (secondary N) is 2. The van der Waals surface area contributed by atoms with Crippen LogP contribution in [-0.2, 0) is 17.4 Å². The number of hydrogen-bond donors (Lipinski definition) is 3. The molecular weight excluding hydrogens is 410 g/mol. The van der Waals surface area contributed by atoms with Crippen molar-refractivity contribution in [3.8, 4) is 0 Å². The summed E-state index contributed by atoms with van der Waals surface area (Å²) < 4.78 is 1.65. The van der Waals surface area contributed by atoms with Gasteiger partial charge in [-0.25, -0.2) is 15.0 Å². The van der Waals surface area contributed by atoms with Crippen LogP contribution in [0, 0.1) is 0 Å². The molecule has 0 saturated carbocycles. The number of anilines is 1. The Morgan fingerprint density at radius 2 is 1.94 bits per heavy atom. The highest BCUT2D eigenvalue weighted by Crippen LogP contribution is 2.19. The lowest BCUT2D eigenvalue weighted by Gasteiger charge is -2.34. The lowest BCUT2D eigenvalue weighted by molar-refractivity contribution is -0.131. The number of hydrogen-bond acceptors (Lipinski definition) is 7. The van der Waals surface area contributed by atoms with Crippen LogP contribution in [0.25, 0.3) is 0 Å². The Labute approximate surface area is 188 Å². The summed E-state index contributed by atoms with van der Waals surface area (Å²) >= 11 is 0. The van der Waals surface area contributed by atoms with Crippen molar-refractivity contribution in [1.29, 1.82) is 0 Å². The molecule has 2 aromatic heterocycles. The van der Waals surface area contributed by atoms with Crippen LogP contribution in [0.1, 0.15) is 25.8 Å². The molecule has 3 N–H and O–H groups in total. The molecule has 2 aromatic rings. The van der Waals surface area contributed by atoms with Gasteiger partial charge in [0.2, 0.25) is 11.9 Å². The molecule has 1 atom stereocenters. The average Bonchev–Trinajstić information content (AvgIpc) is 3.25. The van der Waals surface area contributed by atoms with E-state index in [1.807, 2.05) is 11.8 Å². The minimum atomic E-state index is -1.13. The number of carbonyl (C=O) groups is 1.